The van der Waals surface area contributed by atoms with Gasteiger partial charge in [-0.05, 0) is 23.8 Å². The molecule has 0 bridgehead atoms. The number of hydrogen-bond donors (Lipinski definition) is 1. The Bertz CT molecular complexity index is 638. The van der Waals surface area contributed by atoms with Gasteiger partial charge in [-0.3, -0.25) is 4.98 Å². The lowest BCUT2D eigenvalue weighted by Gasteiger charge is -2.15. The standard InChI is InChI=1S/C12H15N3O2S2/c1-15(9-10-3-2-6-14-8-10)19(16,17)12-5-4-11(7-13)18-12/h2-6,8H,7,9,13H2,1H3. The molecule has 0 unspecified atom stereocenters. The number of rotatable bonds is 5. The summed E-state index contributed by atoms with van der Waals surface area (Å²) >= 11 is 1.21. The summed E-state index contributed by atoms with van der Waals surface area (Å²) in [7, 11) is -1.90. The van der Waals surface area contributed by atoms with Crippen LogP contribution < -0.4 is 5.73 Å². The molecule has 2 rings (SSSR count). The molecular weight excluding hydrogens is 282 g/mol. The summed E-state index contributed by atoms with van der Waals surface area (Å²) in [5.41, 5.74) is 6.35. The third kappa shape index (κ3) is 3.19. The van der Waals surface area contributed by atoms with Crippen molar-refractivity contribution in [3.05, 3.63) is 47.1 Å². The Labute approximate surface area is 116 Å². The number of pyridine rings is 1. The van der Waals surface area contributed by atoms with E-state index in [-0.39, 0.29) is 0 Å². The summed E-state index contributed by atoms with van der Waals surface area (Å²) in [6.45, 7) is 0.651. The normalized spacial score (nSPS) is 11.9. The first-order chi connectivity index (χ1) is 9.04. The number of thiophene rings is 1. The maximum atomic E-state index is 12.3. The lowest BCUT2D eigenvalue weighted by atomic mass is 10.3. The van der Waals surface area contributed by atoms with Crippen molar-refractivity contribution < 1.29 is 8.42 Å². The van der Waals surface area contributed by atoms with Crippen molar-refractivity contribution in [2.75, 3.05) is 7.05 Å². The van der Waals surface area contributed by atoms with Gasteiger partial charge in [0.15, 0.2) is 0 Å². The van der Waals surface area contributed by atoms with Gasteiger partial charge in [-0.1, -0.05) is 6.07 Å². The minimum atomic E-state index is -3.46. The molecule has 0 saturated heterocycles. The van der Waals surface area contributed by atoms with Gasteiger partial charge in [-0.25, -0.2) is 8.42 Å². The van der Waals surface area contributed by atoms with E-state index in [4.69, 9.17) is 5.73 Å². The molecule has 2 aromatic rings. The molecule has 0 atom stereocenters. The third-order valence-corrected chi connectivity index (χ3v) is 6.01. The molecule has 0 spiro atoms. The molecule has 0 aliphatic carbocycles. The molecule has 2 heterocycles. The highest BCUT2D eigenvalue weighted by molar-refractivity contribution is 7.91. The van der Waals surface area contributed by atoms with Crippen LogP contribution in [0.1, 0.15) is 10.4 Å². The van der Waals surface area contributed by atoms with Crippen molar-refractivity contribution in [3.63, 3.8) is 0 Å². The zero-order valence-corrected chi connectivity index (χ0v) is 12.1. The summed E-state index contributed by atoms with van der Waals surface area (Å²) in [4.78, 5) is 4.83. The SMILES string of the molecule is CN(Cc1cccnc1)S(=O)(=O)c1ccc(CN)s1. The fourth-order valence-electron chi connectivity index (χ4n) is 1.59. The first-order valence-electron chi connectivity index (χ1n) is 5.68. The van der Waals surface area contributed by atoms with Gasteiger partial charge in [-0.2, -0.15) is 4.31 Å². The second kappa shape index (κ2) is 5.79. The van der Waals surface area contributed by atoms with Crippen LogP contribution in [0.5, 0.6) is 0 Å². The molecule has 0 aliphatic rings. The lowest BCUT2D eigenvalue weighted by molar-refractivity contribution is 0.468. The smallest absolute Gasteiger partial charge is 0.252 e. The molecule has 2 aromatic heterocycles. The molecule has 5 nitrogen and oxygen atoms in total. The van der Waals surface area contributed by atoms with Crippen molar-refractivity contribution in [3.8, 4) is 0 Å². The van der Waals surface area contributed by atoms with E-state index in [9.17, 15) is 8.42 Å². The van der Waals surface area contributed by atoms with Crippen LogP contribution in [-0.4, -0.2) is 24.8 Å². The Morgan fingerprint density at radius 1 is 1.37 bits per heavy atom. The monoisotopic (exact) mass is 297 g/mol. The molecule has 7 heteroatoms. The highest BCUT2D eigenvalue weighted by Crippen LogP contribution is 2.24. The van der Waals surface area contributed by atoms with Gasteiger partial charge < -0.3 is 5.73 Å². The predicted octanol–water partition coefficient (Wildman–Crippen LogP) is 1.42. The zero-order chi connectivity index (χ0) is 13.9. The van der Waals surface area contributed by atoms with Crippen LogP contribution in [0, 0.1) is 0 Å². The molecule has 102 valence electrons. The van der Waals surface area contributed by atoms with Crippen LogP contribution in [0.2, 0.25) is 0 Å². The van der Waals surface area contributed by atoms with Crippen molar-refractivity contribution in [1.29, 1.82) is 0 Å². The summed E-state index contributed by atoms with van der Waals surface area (Å²) in [6.07, 6.45) is 3.32. The van der Waals surface area contributed by atoms with Crippen molar-refractivity contribution in [2.24, 2.45) is 5.73 Å². The van der Waals surface area contributed by atoms with Crippen LogP contribution in [-0.2, 0) is 23.1 Å². The van der Waals surface area contributed by atoms with Crippen molar-refractivity contribution >= 4 is 21.4 Å². The van der Waals surface area contributed by atoms with Crippen LogP contribution in [0.25, 0.3) is 0 Å². The van der Waals surface area contributed by atoms with Gasteiger partial charge in [0.2, 0.25) is 0 Å². The number of sulfonamides is 1. The molecule has 0 radical (unpaired) electrons. The zero-order valence-electron chi connectivity index (χ0n) is 10.5. The van der Waals surface area contributed by atoms with E-state index in [0.717, 1.165) is 10.4 Å². The summed E-state index contributed by atoms with van der Waals surface area (Å²) in [5, 5.41) is 0. The first-order valence-corrected chi connectivity index (χ1v) is 7.93. The average Bonchev–Trinajstić information content (AvgIpc) is 2.89. The Hall–Kier alpha value is -1.28. The molecular formula is C12H15N3O2S2. The van der Waals surface area contributed by atoms with Gasteiger partial charge in [0.1, 0.15) is 4.21 Å². The second-order valence-electron chi connectivity index (χ2n) is 4.05. The summed E-state index contributed by atoms with van der Waals surface area (Å²) in [6, 6.07) is 6.98. The Morgan fingerprint density at radius 2 is 2.16 bits per heavy atom. The molecule has 19 heavy (non-hydrogen) atoms. The largest absolute Gasteiger partial charge is 0.326 e. The lowest BCUT2D eigenvalue weighted by Crippen LogP contribution is -2.25. The van der Waals surface area contributed by atoms with Crippen LogP contribution >= 0.6 is 11.3 Å². The maximum Gasteiger partial charge on any atom is 0.252 e. The number of nitrogens with two attached hydrogens (primary N) is 1. The predicted molar refractivity (Wildman–Crippen MR) is 75.1 cm³/mol. The van der Waals surface area contributed by atoms with E-state index in [1.807, 2.05) is 6.07 Å². The van der Waals surface area contributed by atoms with Crippen molar-refractivity contribution in [2.45, 2.75) is 17.3 Å². The first kappa shape index (κ1) is 14.1. The molecule has 0 aliphatic heterocycles. The highest BCUT2D eigenvalue weighted by atomic mass is 32.2. The summed E-state index contributed by atoms with van der Waals surface area (Å²) < 4.78 is 26.3. The Balaban J connectivity index is 2.19. The molecule has 0 saturated carbocycles. The number of aromatic nitrogens is 1. The topological polar surface area (TPSA) is 76.3 Å². The fraction of sp³-hybridized carbons (Fsp3) is 0.250. The van der Waals surface area contributed by atoms with Gasteiger partial charge in [0.25, 0.3) is 10.0 Å². The van der Waals surface area contributed by atoms with Gasteiger partial charge >= 0.3 is 0 Å². The molecule has 0 fully saturated rings. The molecule has 0 amide bonds. The van der Waals surface area contributed by atoms with E-state index < -0.39 is 10.0 Å². The van der Waals surface area contributed by atoms with E-state index in [1.165, 1.54) is 15.6 Å². The van der Waals surface area contributed by atoms with Gasteiger partial charge in [0.05, 0.1) is 0 Å². The number of nitrogens with zero attached hydrogens (tertiary/aromatic N) is 2. The Morgan fingerprint density at radius 3 is 2.74 bits per heavy atom. The van der Waals surface area contributed by atoms with Gasteiger partial charge in [0, 0.05) is 37.4 Å². The average molecular weight is 297 g/mol. The van der Waals surface area contributed by atoms with E-state index in [0.29, 0.717) is 17.3 Å². The van der Waals surface area contributed by atoms with E-state index in [1.54, 1.807) is 37.6 Å². The minimum absolute atomic E-state index is 0.298. The second-order valence-corrected chi connectivity index (χ2v) is 7.49. The third-order valence-electron chi connectivity index (χ3n) is 2.63. The van der Waals surface area contributed by atoms with Crippen molar-refractivity contribution in [1.82, 2.24) is 9.29 Å². The van der Waals surface area contributed by atoms with Crippen LogP contribution in [0.3, 0.4) is 0 Å². The maximum absolute atomic E-state index is 12.3. The van der Waals surface area contributed by atoms with E-state index in [2.05, 4.69) is 4.98 Å². The fourth-order valence-corrected chi connectivity index (χ4v) is 4.20. The van der Waals surface area contributed by atoms with Crippen LogP contribution in [0.4, 0.5) is 0 Å². The van der Waals surface area contributed by atoms with Crippen LogP contribution in [0.15, 0.2) is 40.9 Å². The Kier molecular flexibility index (Phi) is 4.31. The van der Waals surface area contributed by atoms with Gasteiger partial charge in [-0.15, -0.1) is 11.3 Å². The molecule has 2 N–H and O–H groups in total. The number of hydrogen-bond acceptors (Lipinski definition) is 5. The highest BCUT2D eigenvalue weighted by Gasteiger charge is 2.22. The van der Waals surface area contributed by atoms with E-state index >= 15 is 0 Å². The quantitative estimate of drug-likeness (QED) is 0.905. The summed E-state index contributed by atoms with van der Waals surface area (Å²) in [5.74, 6) is 0. The minimum Gasteiger partial charge on any atom is -0.326 e. The molecule has 0 aromatic carbocycles.